The number of nitrogens with one attached hydrogen (secondary N) is 1. The number of carboxylic acid groups (broad SMARTS) is 1. The van der Waals surface area contributed by atoms with Crippen LogP contribution in [0.15, 0.2) is 36.4 Å². The first-order valence-electron chi connectivity index (χ1n) is 7.46. The molecule has 1 aromatic heterocycles. The molecule has 1 heterocycles. The predicted molar refractivity (Wildman–Crippen MR) is 83.4 cm³/mol. The summed E-state index contributed by atoms with van der Waals surface area (Å²) in [6.45, 7) is 2.18. The van der Waals surface area contributed by atoms with Crippen molar-refractivity contribution in [3.8, 4) is 0 Å². The summed E-state index contributed by atoms with van der Waals surface area (Å²) in [6.07, 6.45) is 3.18. The lowest BCUT2D eigenvalue weighted by atomic mass is 9.77. The van der Waals surface area contributed by atoms with Crippen molar-refractivity contribution in [3.05, 3.63) is 36.4 Å². The summed E-state index contributed by atoms with van der Waals surface area (Å²) in [5.41, 5.74) is 0.00863. The van der Waals surface area contributed by atoms with Gasteiger partial charge in [0.1, 0.15) is 11.4 Å². The van der Waals surface area contributed by atoms with E-state index in [2.05, 4.69) is 17.2 Å². The van der Waals surface area contributed by atoms with Crippen molar-refractivity contribution >= 4 is 22.7 Å². The molecule has 4 nitrogen and oxygen atoms in total. The molecule has 1 saturated carbocycles. The van der Waals surface area contributed by atoms with Crippen molar-refractivity contribution in [2.75, 3.05) is 5.32 Å². The molecule has 0 atom stereocenters. The van der Waals surface area contributed by atoms with E-state index in [-0.39, 0.29) is 0 Å². The van der Waals surface area contributed by atoms with Crippen molar-refractivity contribution in [3.63, 3.8) is 0 Å². The highest BCUT2D eigenvalue weighted by atomic mass is 16.4. The number of pyridine rings is 1. The van der Waals surface area contributed by atoms with Crippen LogP contribution in [0.4, 0.5) is 5.82 Å². The molecule has 1 aliphatic carbocycles. The third-order valence-electron chi connectivity index (χ3n) is 4.50. The first kappa shape index (κ1) is 13.9. The first-order chi connectivity index (χ1) is 10.1. The summed E-state index contributed by atoms with van der Waals surface area (Å²) in [5.74, 6) is 0.471. The van der Waals surface area contributed by atoms with Gasteiger partial charge in [-0.3, -0.25) is 0 Å². The standard InChI is InChI=1S/C17H20N2O2/c1-12-8-10-17(11-9-12,16(20)21)19-15-7-6-13-4-2-3-5-14(13)18-15/h2-7,12H,8-11H2,1H3,(H,18,19)(H,20,21). The summed E-state index contributed by atoms with van der Waals surface area (Å²) in [5, 5.41) is 13.9. The Balaban J connectivity index is 1.89. The SMILES string of the molecule is CC1CCC(Nc2ccc3ccccc3n2)(C(=O)O)CC1. The summed E-state index contributed by atoms with van der Waals surface area (Å²) >= 11 is 0. The number of carboxylic acids is 1. The highest BCUT2D eigenvalue weighted by Crippen LogP contribution is 2.34. The fourth-order valence-corrected chi connectivity index (χ4v) is 3.03. The molecule has 3 rings (SSSR count). The van der Waals surface area contributed by atoms with Gasteiger partial charge in [-0.05, 0) is 49.8 Å². The third kappa shape index (κ3) is 2.71. The number of aromatic nitrogens is 1. The molecule has 0 saturated heterocycles. The van der Waals surface area contributed by atoms with Crippen LogP contribution < -0.4 is 5.32 Å². The van der Waals surface area contributed by atoms with Crippen LogP contribution in [0.3, 0.4) is 0 Å². The Hall–Kier alpha value is -2.10. The van der Waals surface area contributed by atoms with Gasteiger partial charge in [-0.2, -0.15) is 0 Å². The maximum Gasteiger partial charge on any atom is 0.329 e. The number of aliphatic carboxylic acids is 1. The topological polar surface area (TPSA) is 62.2 Å². The molecule has 0 unspecified atom stereocenters. The Kier molecular flexibility index (Phi) is 3.53. The van der Waals surface area contributed by atoms with Gasteiger partial charge in [0, 0.05) is 5.39 Å². The second-order valence-corrected chi connectivity index (χ2v) is 6.08. The maximum atomic E-state index is 11.8. The monoisotopic (exact) mass is 284 g/mol. The normalized spacial score (nSPS) is 25.7. The zero-order chi connectivity index (χ0) is 14.9. The smallest absolute Gasteiger partial charge is 0.329 e. The Morgan fingerprint density at radius 2 is 1.95 bits per heavy atom. The molecule has 0 aliphatic heterocycles. The molecular formula is C17H20N2O2. The largest absolute Gasteiger partial charge is 0.480 e. The van der Waals surface area contributed by atoms with Crippen LogP contribution in [0.2, 0.25) is 0 Å². The van der Waals surface area contributed by atoms with Crippen LogP contribution in [-0.4, -0.2) is 21.6 Å². The van der Waals surface area contributed by atoms with Crippen LogP contribution in [0.25, 0.3) is 10.9 Å². The lowest BCUT2D eigenvalue weighted by Gasteiger charge is -2.36. The number of para-hydroxylation sites is 1. The molecular weight excluding hydrogens is 264 g/mol. The highest BCUT2D eigenvalue weighted by molar-refractivity contribution is 5.84. The van der Waals surface area contributed by atoms with E-state index in [1.54, 1.807) is 0 Å². The quantitative estimate of drug-likeness (QED) is 0.902. The van der Waals surface area contributed by atoms with E-state index in [0.717, 1.165) is 23.7 Å². The Morgan fingerprint density at radius 3 is 2.67 bits per heavy atom. The van der Waals surface area contributed by atoms with Gasteiger partial charge in [0.2, 0.25) is 0 Å². The number of benzene rings is 1. The zero-order valence-electron chi connectivity index (χ0n) is 12.2. The van der Waals surface area contributed by atoms with Gasteiger partial charge in [0.05, 0.1) is 5.52 Å². The molecule has 2 aromatic rings. The van der Waals surface area contributed by atoms with Gasteiger partial charge in [-0.25, -0.2) is 9.78 Å². The van der Waals surface area contributed by atoms with E-state index in [0.29, 0.717) is 24.6 Å². The molecule has 4 heteroatoms. The van der Waals surface area contributed by atoms with E-state index < -0.39 is 11.5 Å². The van der Waals surface area contributed by atoms with Crippen molar-refractivity contribution < 1.29 is 9.90 Å². The van der Waals surface area contributed by atoms with Gasteiger partial charge in [0.25, 0.3) is 0 Å². The summed E-state index contributed by atoms with van der Waals surface area (Å²) < 4.78 is 0. The van der Waals surface area contributed by atoms with Crippen molar-refractivity contribution in [1.82, 2.24) is 4.98 Å². The third-order valence-corrected chi connectivity index (χ3v) is 4.50. The van der Waals surface area contributed by atoms with Crippen LogP contribution >= 0.6 is 0 Å². The minimum absolute atomic E-state index is 0.601. The molecule has 1 aliphatic rings. The summed E-state index contributed by atoms with van der Waals surface area (Å²) in [6, 6.07) is 11.7. The molecule has 0 amide bonds. The summed E-state index contributed by atoms with van der Waals surface area (Å²) in [7, 11) is 0. The van der Waals surface area contributed by atoms with Crippen molar-refractivity contribution in [1.29, 1.82) is 0 Å². The van der Waals surface area contributed by atoms with Crippen LogP contribution in [-0.2, 0) is 4.79 Å². The minimum Gasteiger partial charge on any atom is -0.480 e. The van der Waals surface area contributed by atoms with Crippen molar-refractivity contribution in [2.45, 2.75) is 38.1 Å². The fraction of sp³-hybridized carbons (Fsp3) is 0.412. The maximum absolute atomic E-state index is 11.8. The fourth-order valence-electron chi connectivity index (χ4n) is 3.03. The van der Waals surface area contributed by atoms with Crippen LogP contribution in [0.5, 0.6) is 0 Å². The number of nitrogens with zero attached hydrogens (tertiary/aromatic N) is 1. The van der Waals surface area contributed by atoms with E-state index >= 15 is 0 Å². The number of fused-ring (bicyclic) bond motifs is 1. The van der Waals surface area contributed by atoms with Gasteiger partial charge in [0.15, 0.2) is 0 Å². The number of rotatable bonds is 3. The zero-order valence-corrected chi connectivity index (χ0v) is 12.2. The van der Waals surface area contributed by atoms with Gasteiger partial charge in [-0.15, -0.1) is 0 Å². The average Bonchev–Trinajstić information content (AvgIpc) is 2.49. The number of anilines is 1. The number of hydrogen-bond acceptors (Lipinski definition) is 3. The molecule has 1 fully saturated rings. The first-order valence-corrected chi connectivity index (χ1v) is 7.46. The summed E-state index contributed by atoms with van der Waals surface area (Å²) in [4.78, 5) is 16.3. The Bertz CT molecular complexity index is 661. The molecule has 1 aromatic carbocycles. The highest BCUT2D eigenvalue weighted by Gasteiger charge is 2.41. The van der Waals surface area contributed by atoms with Gasteiger partial charge in [-0.1, -0.05) is 25.1 Å². The lowest BCUT2D eigenvalue weighted by molar-refractivity contribution is -0.143. The second-order valence-electron chi connectivity index (χ2n) is 6.08. The van der Waals surface area contributed by atoms with E-state index in [4.69, 9.17) is 0 Å². The number of carbonyl (C=O) groups is 1. The molecule has 21 heavy (non-hydrogen) atoms. The molecule has 110 valence electrons. The Labute approximate surface area is 124 Å². The van der Waals surface area contributed by atoms with Crippen LogP contribution in [0, 0.1) is 5.92 Å². The lowest BCUT2D eigenvalue weighted by Crippen LogP contribution is -2.49. The second kappa shape index (κ2) is 5.35. The minimum atomic E-state index is -0.873. The van der Waals surface area contributed by atoms with Crippen LogP contribution in [0.1, 0.15) is 32.6 Å². The average molecular weight is 284 g/mol. The molecule has 0 bridgehead atoms. The Morgan fingerprint density at radius 1 is 1.24 bits per heavy atom. The predicted octanol–water partition coefficient (Wildman–Crippen LogP) is 3.68. The van der Waals surface area contributed by atoms with Gasteiger partial charge >= 0.3 is 5.97 Å². The molecule has 0 spiro atoms. The van der Waals surface area contributed by atoms with E-state index in [1.165, 1.54) is 0 Å². The van der Waals surface area contributed by atoms with Crippen molar-refractivity contribution in [2.24, 2.45) is 5.92 Å². The molecule has 0 radical (unpaired) electrons. The molecule has 2 N–H and O–H groups in total. The van der Waals surface area contributed by atoms with Gasteiger partial charge < -0.3 is 10.4 Å². The van der Waals surface area contributed by atoms with E-state index in [9.17, 15) is 9.90 Å². The number of hydrogen-bond donors (Lipinski definition) is 2. The van der Waals surface area contributed by atoms with E-state index in [1.807, 2.05) is 36.4 Å².